The number of aromatic nitrogens is 4. The zero-order valence-corrected chi connectivity index (χ0v) is 17.1. The molecule has 0 saturated carbocycles. The van der Waals surface area contributed by atoms with Gasteiger partial charge in [0.2, 0.25) is 0 Å². The molecule has 0 amide bonds. The SMILES string of the molecule is Cn1nc2c(c1-c1nc3ccc(-c4ccccc4Cl)cc3[nH]1)CCCC2(C)C. The summed E-state index contributed by atoms with van der Waals surface area (Å²) in [5.41, 5.74) is 7.86. The van der Waals surface area contributed by atoms with E-state index in [9.17, 15) is 0 Å². The summed E-state index contributed by atoms with van der Waals surface area (Å²) in [5.74, 6) is 0.889. The van der Waals surface area contributed by atoms with Gasteiger partial charge in [0.05, 0.1) is 16.7 Å². The molecule has 0 unspecified atom stereocenters. The van der Waals surface area contributed by atoms with Crippen LogP contribution in [0.5, 0.6) is 0 Å². The predicted octanol–water partition coefficient (Wildman–Crippen LogP) is 5.90. The van der Waals surface area contributed by atoms with Crippen molar-refractivity contribution in [3.05, 3.63) is 58.7 Å². The number of hydrogen-bond donors (Lipinski definition) is 1. The van der Waals surface area contributed by atoms with Gasteiger partial charge in [-0.05, 0) is 43.0 Å². The fourth-order valence-corrected chi connectivity index (χ4v) is 4.70. The minimum Gasteiger partial charge on any atom is -0.337 e. The summed E-state index contributed by atoms with van der Waals surface area (Å²) in [7, 11) is 2.02. The van der Waals surface area contributed by atoms with Crippen LogP contribution >= 0.6 is 11.6 Å². The van der Waals surface area contributed by atoms with Crippen molar-refractivity contribution in [3.8, 4) is 22.6 Å². The summed E-state index contributed by atoms with van der Waals surface area (Å²) in [6.45, 7) is 4.58. The van der Waals surface area contributed by atoms with Crippen molar-refractivity contribution in [2.45, 2.75) is 38.5 Å². The number of benzene rings is 2. The Labute approximate surface area is 169 Å². The van der Waals surface area contributed by atoms with Gasteiger partial charge in [-0.25, -0.2) is 4.98 Å². The molecule has 0 radical (unpaired) electrons. The van der Waals surface area contributed by atoms with Gasteiger partial charge in [-0.3, -0.25) is 4.68 Å². The second kappa shape index (κ2) is 6.21. The predicted molar refractivity (Wildman–Crippen MR) is 115 cm³/mol. The van der Waals surface area contributed by atoms with Crippen molar-refractivity contribution < 1.29 is 0 Å². The van der Waals surface area contributed by atoms with Crippen LogP contribution in [-0.2, 0) is 18.9 Å². The van der Waals surface area contributed by atoms with Crippen molar-refractivity contribution in [2.75, 3.05) is 0 Å². The number of aromatic amines is 1. The van der Waals surface area contributed by atoms with E-state index < -0.39 is 0 Å². The molecule has 1 N–H and O–H groups in total. The van der Waals surface area contributed by atoms with E-state index in [0.29, 0.717) is 0 Å². The van der Waals surface area contributed by atoms with Crippen molar-refractivity contribution in [3.63, 3.8) is 0 Å². The quantitative estimate of drug-likeness (QED) is 0.463. The molecule has 2 aromatic carbocycles. The van der Waals surface area contributed by atoms with Gasteiger partial charge in [0.25, 0.3) is 0 Å². The van der Waals surface area contributed by atoms with E-state index >= 15 is 0 Å². The first kappa shape index (κ1) is 17.5. The van der Waals surface area contributed by atoms with Gasteiger partial charge in [0.1, 0.15) is 5.69 Å². The van der Waals surface area contributed by atoms with Crippen LogP contribution in [0.15, 0.2) is 42.5 Å². The number of nitrogens with one attached hydrogen (secondary N) is 1. The standard InChI is InChI=1S/C23H23ClN4/c1-23(2)12-6-8-16-20(28(3)27-21(16)23)22-25-18-11-10-14(13-19(18)26-22)15-7-4-5-9-17(15)24/h4-5,7,9-11,13H,6,8,12H2,1-3H3,(H,25,26). The highest BCUT2D eigenvalue weighted by Crippen LogP contribution is 2.40. The topological polar surface area (TPSA) is 46.5 Å². The molecule has 0 spiro atoms. The van der Waals surface area contributed by atoms with Crippen LogP contribution in [0, 0.1) is 0 Å². The van der Waals surface area contributed by atoms with Crippen molar-refractivity contribution >= 4 is 22.6 Å². The number of fused-ring (bicyclic) bond motifs is 2. The van der Waals surface area contributed by atoms with Crippen LogP contribution < -0.4 is 0 Å². The number of rotatable bonds is 2. The van der Waals surface area contributed by atoms with Gasteiger partial charge in [0, 0.05) is 28.6 Å². The summed E-state index contributed by atoms with van der Waals surface area (Å²) in [6.07, 6.45) is 3.43. The second-order valence-electron chi connectivity index (χ2n) is 8.33. The number of aryl methyl sites for hydroxylation is 1. The van der Waals surface area contributed by atoms with E-state index in [1.54, 1.807) is 0 Å². The van der Waals surface area contributed by atoms with Crippen LogP contribution in [0.4, 0.5) is 0 Å². The minimum atomic E-state index is 0.118. The van der Waals surface area contributed by atoms with Crippen LogP contribution in [0.25, 0.3) is 33.7 Å². The Bertz CT molecular complexity index is 1200. The third kappa shape index (κ3) is 2.67. The van der Waals surface area contributed by atoms with Gasteiger partial charge < -0.3 is 4.98 Å². The summed E-state index contributed by atoms with van der Waals surface area (Å²) in [6, 6.07) is 14.2. The Hall–Kier alpha value is -2.59. The maximum atomic E-state index is 6.39. The minimum absolute atomic E-state index is 0.118. The molecule has 5 rings (SSSR count). The van der Waals surface area contributed by atoms with Crippen molar-refractivity contribution in [1.82, 2.24) is 19.7 Å². The Morgan fingerprint density at radius 1 is 1.14 bits per heavy atom. The molecule has 4 nitrogen and oxygen atoms in total. The summed E-state index contributed by atoms with van der Waals surface area (Å²) >= 11 is 6.39. The van der Waals surface area contributed by atoms with Gasteiger partial charge in [0.15, 0.2) is 5.82 Å². The molecule has 2 aromatic heterocycles. The first-order valence-electron chi connectivity index (χ1n) is 9.75. The molecule has 1 aliphatic rings. The maximum absolute atomic E-state index is 6.39. The lowest BCUT2D eigenvalue weighted by Gasteiger charge is -2.28. The molecule has 0 aliphatic heterocycles. The molecular formula is C23H23ClN4. The van der Waals surface area contributed by atoms with Crippen molar-refractivity contribution in [2.24, 2.45) is 7.05 Å². The Morgan fingerprint density at radius 3 is 2.79 bits per heavy atom. The van der Waals surface area contributed by atoms with E-state index in [-0.39, 0.29) is 5.41 Å². The average Bonchev–Trinajstić information content (AvgIpc) is 3.22. The van der Waals surface area contributed by atoms with Crippen LogP contribution in [0.1, 0.15) is 37.9 Å². The number of imidazole rings is 1. The summed E-state index contributed by atoms with van der Waals surface area (Å²) in [5, 5.41) is 5.62. The number of halogens is 1. The molecule has 28 heavy (non-hydrogen) atoms. The lowest BCUT2D eigenvalue weighted by atomic mass is 9.76. The highest BCUT2D eigenvalue weighted by Gasteiger charge is 2.34. The number of nitrogens with zero attached hydrogens (tertiary/aromatic N) is 3. The molecule has 0 bridgehead atoms. The normalized spacial score (nSPS) is 15.7. The van der Waals surface area contributed by atoms with E-state index in [1.807, 2.05) is 36.0 Å². The lowest BCUT2D eigenvalue weighted by molar-refractivity contribution is 0.417. The van der Waals surface area contributed by atoms with Crippen LogP contribution in [-0.4, -0.2) is 19.7 Å². The zero-order valence-electron chi connectivity index (χ0n) is 16.4. The Morgan fingerprint density at radius 2 is 1.96 bits per heavy atom. The van der Waals surface area contributed by atoms with Gasteiger partial charge >= 0.3 is 0 Å². The molecule has 142 valence electrons. The summed E-state index contributed by atoms with van der Waals surface area (Å²) < 4.78 is 1.99. The van der Waals surface area contributed by atoms with E-state index in [1.165, 1.54) is 24.1 Å². The van der Waals surface area contributed by atoms with E-state index in [0.717, 1.165) is 45.1 Å². The van der Waals surface area contributed by atoms with Gasteiger partial charge in [-0.1, -0.05) is 49.7 Å². The molecule has 0 saturated heterocycles. The third-order valence-corrected chi connectivity index (χ3v) is 6.24. The maximum Gasteiger partial charge on any atom is 0.157 e. The van der Waals surface area contributed by atoms with E-state index in [4.69, 9.17) is 21.7 Å². The van der Waals surface area contributed by atoms with Crippen LogP contribution in [0.2, 0.25) is 5.02 Å². The average molecular weight is 391 g/mol. The highest BCUT2D eigenvalue weighted by molar-refractivity contribution is 6.33. The lowest BCUT2D eigenvalue weighted by Crippen LogP contribution is -2.23. The number of H-pyrrole nitrogens is 1. The third-order valence-electron chi connectivity index (χ3n) is 5.91. The molecule has 4 aromatic rings. The monoisotopic (exact) mass is 390 g/mol. The highest BCUT2D eigenvalue weighted by atomic mass is 35.5. The molecule has 0 fully saturated rings. The zero-order chi connectivity index (χ0) is 19.5. The van der Waals surface area contributed by atoms with Crippen LogP contribution in [0.3, 0.4) is 0 Å². The van der Waals surface area contributed by atoms with Crippen molar-refractivity contribution in [1.29, 1.82) is 0 Å². The van der Waals surface area contributed by atoms with Gasteiger partial charge in [-0.15, -0.1) is 0 Å². The van der Waals surface area contributed by atoms with E-state index in [2.05, 4.69) is 37.0 Å². The molecular weight excluding hydrogens is 368 g/mol. The largest absolute Gasteiger partial charge is 0.337 e. The Balaban J connectivity index is 1.64. The smallest absolute Gasteiger partial charge is 0.157 e. The first-order chi connectivity index (χ1) is 13.4. The molecule has 0 atom stereocenters. The fraction of sp³-hybridized carbons (Fsp3) is 0.304. The molecule has 1 aliphatic carbocycles. The Kier molecular flexibility index (Phi) is 3.88. The first-order valence-corrected chi connectivity index (χ1v) is 10.1. The second-order valence-corrected chi connectivity index (χ2v) is 8.74. The fourth-order valence-electron chi connectivity index (χ4n) is 4.45. The molecule has 2 heterocycles. The summed E-state index contributed by atoms with van der Waals surface area (Å²) in [4.78, 5) is 8.41. The van der Waals surface area contributed by atoms with Gasteiger partial charge in [-0.2, -0.15) is 5.10 Å². The number of hydrogen-bond acceptors (Lipinski definition) is 2. The molecule has 5 heteroatoms.